The second-order valence-corrected chi connectivity index (χ2v) is 7.75. The first-order chi connectivity index (χ1) is 11.9. The van der Waals surface area contributed by atoms with Crippen LogP contribution < -0.4 is 4.74 Å². The predicted octanol–water partition coefficient (Wildman–Crippen LogP) is 1.47. The number of likely N-dealkylation sites (N-methyl/N-ethyl adjacent to an activating group) is 1. The molecular formula is C20H21NO4. The second-order valence-electron chi connectivity index (χ2n) is 7.75. The van der Waals surface area contributed by atoms with Crippen LogP contribution in [-0.2, 0) is 16.6 Å². The number of aliphatic hydroxyl groups is 1. The quantitative estimate of drug-likeness (QED) is 0.799. The van der Waals surface area contributed by atoms with E-state index in [1.165, 1.54) is 6.08 Å². The minimum atomic E-state index is -1.24. The fourth-order valence-corrected chi connectivity index (χ4v) is 5.88. The highest BCUT2D eigenvalue weighted by Gasteiger charge is 2.77. The predicted molar refractivity (Wildman–Crippen MR) is 91.8 cm³/mol. The maximum absolute atomic E-state index is 13.1. The van der Waals surface area contributed by atoms with Gasteiger partial charge in [-0.05, 0) is 50.2 Å². The Morgan fingerprint density at radius 1 is 1.48 bits per heavy atom. The van der Waals surface area contributed by atoms with Crippen molar-refractivity contribution in [2.24, 2.45) is 0 Å². The lowest BCUT2D eigenvalue weighted by Gasteiger charge is -2.63. The molecule has 2 heterocycles. The Morgan fingerprint density at radius 2 is 2.28 bits per heavy atom. The van der Waals surface area contributed by atoms with E-state index in [0.29, 0.717) is 25.0 Å². The summed E-state index contributed by atoms with van der Waals surface area (Å²) in [6.45, 7) is 4.58. The molecule has 2 N–H and O–H groups in total. The highest BCUT2D eigenvalue weighted by molar-refractivity contribution is 6.02. The number of carbonyl (C=O) groups is 1. The summed E-state index contributed by atoms with van der Waals surface area (Å²) in [6, 6.07) is 3.39. The van der Waals surface area contributed by atoms with Crippen molar-refractivity contribution in [2.45, 2.75) is 41.9 Å². The third kappa shape index (κ3) is 1.36. The van der Waals surface area contributed by atoms with Crippen LogP contribution in [0.3, 0.4) is 0 Å². The van der Waals surface area contributed by atoms with E-state index >= 15 is 0 Å². The Bertz CT molecular complexity index is 861. The fraction of sp³-hybridized carbons (Fsp3) is 0.450. The first-order valence-corrected chi connectivity index (χ1v) is 8.73. The molecule has 0 saturated carbocycles. The zero-order valence-electron chi connectivity index (χ0n) is 14.2. The number of piperidine rings is 1. The molecule has 2 aliphatic carbocycles. The van der Waals surface area contributed by atoms with Crippen molar-refractivity contribution in [2.75, 3.05) is 13.6 Å². The zero-order valence-corrected chi connectivity index (χ0v) is 14.2. The monoisotopic (exact) mass is 339 g/mol. The molecule has 1 aromatic carbocycles. The third-order valence-corrected chi connectivity index (χ3v) is 6.91. The van der Waals surface area contributed by atoms with Crippen LogP contribution in [0.25, 0.3) is 0 Å². The van der Waals surface area contributed by atoms with Crippen LogP contribution in [0.2, 0.25) is 0 Å². The first-order valence-electron chi connectivity index (χ1n) is 8.73. The van der Waals surface area contributed by atoms with Gasteiger partial charge in [0.25, 0.3) is 0 Å². The summed E-state index contributed by atoms with van der Waals surface area (Å²) in [7, 11) is 2.01. The number of benzene rings is 1. The minimum Gasteiger partial charge on any atom is -0.504 e. The number of aromatic hydroxyl groups is 1. The topological polar surface area (TPSA) is 70.0 Å². The molecule has 0 radical (unpaired) electrons. The second kappa shape index (κ2) is 4.34. The van der Waals surface area contributed by atoms with Crippen molar-refractivity contribution in [3.05, 3.63) is 48.1 Å². The number of ether oxygens (including phenoxy) is 1. The Hall–Kier alpha value is -2.11. The van der Waals surface area contributed by atoms with Gasteiger partial charge < -0.3 is 14.9 Å². The van der Waals surface area contributed by atoms with Crippen molar-refractivity contribution in [3.8, 4) is 11.5 Å². The molecule has 5 heteroatoms. The van der Waals surface area contributed by atoms with Gasteiger partial charge in [0.2, 0.25) is 0 Å². The van der Waals surface area contributed by atoms with Crippen LogP contribution in [0.4, 0.5) is 0 Å². The highest BCUT2D eigenvalue weighted by Crippen LogP contribution is 2.67. The van der Waals surface area contributed by atoms with E-state index in [0.717, 1.165) is 17.7 Å². The third-order valence-electron chi connectivity index (χ3n) is 6.91. The molecule has 1 unspecified atom stereocenters. The largest absolute Gasteiger partial charge is 0.504 e. The number of carbonyl (C=O) groups excluding carboxylic acids is 1. The molecule has 1 aromatic rings. The number of rotatable bonds is 2. The van der Waals surface area contributed by atoms with Crippen molar-refractivity contribution in [3.63, 3.8) is 0 Å². The molecule has 130 valence electrons. The number of ketones is 1. The number of nitrogens with zero attached hydrogens (tertiary/aromatic N) is 1. The smallest absolute Gasteiger partial charge is 0.200 e. The summed E-state index contributed by atoms with van der Waals surface area (Å²) in [5.74, 6) is 0.222. The van der Waals surface area contributed by atoms with Gasteiger partial charge in [-0.25, -0.2) is 0 Å². The maximum atomic E-state index is 13.1. The van der Waals surface area contributed by atoms with E-state index in [4.69, 9.17) is 4.74 Å². The van der Waals surface area contributed by atoms with Crippen LogP contribution in [0.5, 0.6) is 11.5 Å². The van der Waals surface area contributed by atoms with Crippen molar-refractivity contribution in [1.82, 2.24) is 4.90 Å². The molecule has 2 bridgehead atoms. The maximum Gasteiger partial charge on any atom is 0.200 e. The molecule has 2 aliphatic heterocycles. The van der Waals surface area contributed by atoms with Crippen molar-refractivity contribution in [1.29, 1.82) is 0 Å². The molecular weight excluding hydrogens is 318 g/mol. The lowest BCUT2D eigenvalue weighted by molar-refractivity contribution is -0.176. The SMILES string of the molecule is C=CC[C@@]12Oc3c(O)ccc4c3[C@@]13CCN(C)[C@H](C4)C3(O)C=CC2=O. The van der Waals surface area contributed by atoms with Gasteiger partial charge in [-0.2, -0.15) is 0 Å². The van der Waals surface area contributed by atoms with Gasteiger partial charge in [0.1, 0.15) is 5.60 Å². The normalized spacial score (nSPS) is 40.6. The van der Waals surface area contributed by atoms with Crippen LogP contribution in [-0.4, -0.2) is 51.7 Å². The minimum absolute atomic E-state index is 0.0264. The van der Waals surface area contributed by atoms with Gasteiger partial charge in [0, 0.05) is 18.0 Å². The number of phenols is 1. The van der Waals surface area contributed by atoms with E-state index in [1.54, 1.807) is 18.2 Å². The van der Waals surface area contributed by atoms with Gasteiger partial charge in [-0.1, -0.05) is 12.1 Å². The summed E-state index contributed by atoms with van der Waals surface area (Å²) < 4.78 is 6.25. The lowest BCUT2D eigenvalue weighted by Crippen LogP contribution is -2.78. The Balaban J connectivity index is 1.94. The summed E-state index contributed by atoms with van der Waals surface area (Å²) in [6.07, 6.45) is 6.34. The molecule has 1 saturated heterocycles. The molecule has 4 aliphatic rings. The number of hydrogen-bond donors (Lipinski definition) is 2. The molecule has 5 rings (SSSR count). The standard InChI is InChI=1S/C20H21NO4/c1-3-7-20-15(23)6-8-19(24)14-11-12-4-5-13(22)17(25-20)16(12)18(19,20)9-10-21(14)2/h3-6,8,14,22,24H,1,7,9-11H2,2H3/t14-,18-,19?,20+/m1/s1. The molecule has 0 aromatic heterocycles. The van der Waals surface area contributed by atoms with E-state index in [2.05, 4.69) is 11.5 Å². The van der Waals surface area contributed by atoms with Crippen molar-refractivity contribution >= 4 is 5.78 Å². The van der Waals surface area contributed by atoms with E-state index < -0.39 is 16.6 Å². The Kier molecular flexibility index (Phi) is 2.64. The molecule has 25 heavy (non-hydrogen) atoms. The lowest BCUT2D eigenvalue weighted by atomic mass is 9.46. The molecule has 0 amide bonds. The van der Waals surface area contributed by atoms with Crippen LogP contribution >= 0.6 is 0 Å². The summed E-state index contributed by atoms with van der Waals surface area (Å²) in [4.78, 5) is 15.3. The number of likely N-dealkylation sites (tertiary alicyclic amines) is 1. The first kappa shape index (κ1) is 15.2. The van der Waals surface area contributed by atoms with Gasteiger partial charge in [0.05, 0.1) is 5.41 Å². The highest BCUT2D eigenvalue weighted by atomic mass is 16.5. The number of phenolic OH excluding ortho intramolecular Hbond substituents is 1. The van der Waals surface area contributed by atoms with Crippen LogP contribution in [0, 0.1) is 0 Å². The van der Waals surface area contributed by atoms with E-state index in [9.17, 15) is 15.0 Å². The molecule has 5 nitrogen and oxygen atoms in total. The zero-order chi connectivity index (χ0) is 17.6. The van der Waals surface area contributed by atoms with Gasteiger partial charge in [-0.15, -0.1) is 6.58 Å². The summed E-state index contributed by atoms with van der Waals surface area (Å²) >= 11 is 0. The Morgan fingerprint density at radius 3 is 3.04 bits per heavy atom. The fourth-order valence-electron chi connectivity index (χ4n) is 5.88. The van der Waals surface area contributed by atoms with Crippen LogP contribution in [0.15, 0.2) is 36.9 Å². The van der Waals surface area contributed by atoms with Crippen LogP contribution in [0.1, 0.15) is 24.0 Å². The summed E-state index contributed by atoms with van der Waals surface area (Å²) in [5, 5.41) is 22.3. The average Bonchev–Trinajstić information content (AvgIpc) is 2.89. The number of hydrogen-bond acceptors (Lipinski definition) is 5. The molecule has 4 atom stereocenters. The molecule has 1 spiro atoms. The van der Waals surface area contributed by atoms with Gasteiger partial charge in [-0.3, -0.25) is 9.69 Å². The average molecular weight is 339 g/mol. The molecule has 1 fully saturated rings. The Labute approximate surface area is 146 Å². The van der Waals surface area contributed by atoms with Crippen molar-refractivity contribution < 1.29 is 19.7 Å². The van der Waals surface area contributed by atoms with E-state index in [1.807, 2.05) is 13.1 Å². The van der Waals surface area contributed by atoms with Gasteiger partial charge >= 0.3 is 0 Å². The summed E-state index contributed by atoms with van der Waals surface area (Å²) in [5.41, 5.74) is -1.49. The van der Waals surface area contributed by atoms with Gasteiger partial charge in [0.15, 0.2) is 22.9 Å². The van der Waals surface area contributed by atoms with E-state index in [-0.39, 0.29) is 17.6 Å².